The van der Waals surface area contributed by atoms with Gasteiger partial charge in [-0.05, 0) is 25.8 Å². The van der Waals surface area contributed by atoms with Gasteiger partial charge in [-0.15, -0.1) is 35.3 Å². The zero-order valence-corrected chi connectivity index (χ0v) is 17.3. The summed E-state index contributed by atoms with van der Waals surface area (Å²) in [5.41, 5.74) is 3.73. The fourth-order valence-corrected chi connectivity index (χ4v) is 2.86. The Balaban J connectivity index is 0.00000264. The van der Waals surface area contributed by atoms with Crippen molar-refractivity contribution in [1.29, 1.82) is 0 Å². The largest absolute Gasteiger partial charge is 0.356 e. The first-order valence-corrected chi connectivity index (χ1v) is 8.35. The third kappa shape index (κ3) is 6.47. The van der Waals surface area contributed by atoms with Crippen LogP contribution in [0.25, 0.3) is 0 Å². The van der Waals surface area contributed by atoms with Crippen molar-refractivity contribution in [3.63, 3.8) is 0 Å². The molecule has 1 heterocycles. The molecule has 0 spiro atoms. The van der Waals surface area contributed by atoms with Crippen molar-refractivity contribution in [3.05, 3.63) is 51.5 Å². The van der Waals surface area contributed by atoms with Crippen LogP contribution >= 0.6 is 35.3 Å². The molecule has 1 aromatic heterocycles. The molecule has 0 saturated heterocycles. The van der Waals surface area contributed by atoms with Gasteiger partial charge >= 0.3 is 0 Å². The fourth-order valence-electron chi connectivity index (χ4n) is 2.26. The van der Waals surface area contributed by atoms with Gasteiger partial charge in [-0.25, -0.2) is 4.98 Å². The van der Waals surface area contributed by atoms with E-state index in [0.29, 0.717) is 0 Å². The minimum absolute atomic E-state index is 0. The van der Waals surface area contributed by atoms with Crippen LogP contribution < -0.4 is 5.32 Å². The number of nitrogens with one attached hydrogen (secondary N) is 1. The Morgan fingerprint density at radius 1 is 1.26 bits per heavy atom. The van der Waals surface area contributed by atoms with Crippen molar-refractivity contribution < 1.29 is 0 Å². The maximum Gasteiger partial charge on any atom is 0.193 e. The summed E-state index contributed by atoms with van der Waals surface area (Å²) >= 11 is 1.68. The molecule has 0 unspecified atom stereocenters. The van der Waals surface area contributed by atoms with E-state index in [1.54, 1.807) is 11.3 Å². The Morgan fingerprint density at radius 2 is 1.96 bits per heavy atom. The lowest BCUT2D eigenvalue weighted by Gasteiger charge is -2.21. The van der Waals surface area contributed by atoms with Crippen LogP contribution in [0.5, 0.6) is 0 Å². The molecular formula is C17H25IN4S. The third-order valence-electron chi connectivity index (χ3n) is 3.46. The molecule has 0 aliphatic carbocycles. The highest BCUT2D eigenvalue weighted by Crippen LogP contribution is 2.09. The molecule has 0 aliphatic rings. The Bertz CT molecular complexity index is 622. The molecule has 0 bridgehead atoms. The zero-order valence-electron chi connectivity index (χ0n) is 14.2. The molecule has 23 heavy (non-hydrogen) atoms. The Kier molecular flexibility index (Phi) is 8.54. The van der Waals surface area contributed by atoms with E-state index in [1.165, 1.54) is 11.1 Å². The summed E-state index contributed by atoms with van der Waals surface area (Å²) in [5, 5.41) is 6.62. The second kappa shape index (κ2) is 9.87. The van der Waals surface area contributed by atoms with Gasteiger partial charge in [0, 0.05) is 26.0 Å². The molecule has 1 aromatic carbocycles. The molecule has 2 rings (SSSR count). The number of aromatic nitrogens is 1. The average molecular weight is 444 g/mol. The van der Waals surface area contributed by atoms with Crippen molar-refractivity contribution >= 4 is 41.3 Å². The lowest BCUT2D eigenvalue weighted by atomic mass is 10.1. The second-order valence-electron chi connectivity index (χ2n) is 5.42. The van der Waals surface area contributed by atoms with E-state index in [-0.39, 0.29) is 24.0 Å². The van der Waals surface area contributed by atoms with Crippen LogP contribution in [0.1, 0.15) is 21.8 Å². The number of aryl methyl sites for hydroxylation is 2. The zero-order chi connectivity index (χ0) is 15.9. The number of benzene rings is 1. The molecule has 4 nitrogen and oxygen atoms in total. The van der Waals surface area contributed by atoms with E-state index in [4.69, 9.17) is 0 Å². The number of hydrogen-bond donors (Lipinski definition) is 1. The molecule has 0 radical (unpaired) electrons. The van der Waals surface area contributed by atoms with Crippen LogP contribution in [0.15, 0.2) is 34.6 Å². The number of halogens is 1. The van der Waals surface area contributed by atoms with Gasteiger partial charge in [0.15, 0.2) is 5.96 Å². The molecular weight excluding hydrogens is 419 g/mol. The summed E-state index contributed by atoms with van der Waals surface area (Å²) < 4.78 is 0. The van der Waals surface area contributed by atoms with Crippen molar-refractivity contribution in [1.82, 2.24) is 15.2 Å². The van der Waals surface area contributed by atoms with E-state index < -0.39 is 0 Å². The Hall–Kier alpha value is -1.15. The predicted octanol–water partition coefficient (Wildman–Crippen LogP) is 3.63. The van der Waals surface area contributed by atoms with Crippen molar-refractivity contribution in [2.45, 2.75) is 26.8 Å². The first-order valence-electron chi connectivity index (χ1n) is 7.47. The van der Waals surface area contributed by atoms with Crippen LogP contribution in [-0.2, 0) is 13.0 Å². The van der Waals surface area contributed by atoms with Crippen molar-refractivity contribution in [3.8, 4) is 0 Å². The maximum atomic E-state index is 4.50. The standard InChI is InChI=1S/C17H24N4S.HI/c1-13-5-7-15(8-6-13)9-10-19-17(18-3)21(4)11-16-12-22-14(2)20-16;/h5-8,12H,9-11H2,1-4H3,(H,18,19);1H. The molecule has 0 amide bonds. The normalized spacial score (nSPS) is 11.0. The first kappa shape index (κ1) is 19.9. The van der Waals surface area contributed by atoms with Gasteiger partial charge in [0.1, 0.15) is 0 Å². The lowest BCUT2D eigenvalue weighted by Crippen LogP contribution is -2.39. The van der Waals surface area contributed by atoms with Gasteiger partial charge in [0.2, 0.25) is 0 Å². The van der Waals surface area contributed by atoms with Crippen LogP contribution in [0.4, 0.5) is 0 Å². The number of rotatable bonds is 5. The summed E-state index contributed by atoms with van der Waals surface area (Å²) in [7, 11) is 3.85. The van der Waals surface area contributed by atoms with Gasteiger partial charge in [-0.3, -0.25) is 4.99 Å². The van der Waals surface area contributed by atoms with Gasteiger partial charge in [0.05, 0.1) is 17.2 Å². The Morgan fingerprint density at radius 3 is 2.52 bits per heavy atom. The van der Waals surface area contributed by atoms with Crippen LogP contribution in [-0.4, -0.2) is 36.5 Å². The second-order valence-corrected chi connectivity index (χ2v) is 6.49. The molecule has 0 atom stereocenters. The highest BCUT2D eigenvalue weighted by Gasteiger charge is 2.08. The maximum absolute atomic E-state index is 4.50. The lowest BCUT2D eigenvalue weighted by molar-refractivity contribution is 0.471. The summed E-state index contributed by atoms with van der Waals surface area (Å²) in [4.78, 5) is 10.9. The van der Waals surface area contributed by atoms with Crippen LogP contribution in [0, 0.1) is 13.8 Å². The number of nitrogens with zero attached hydrogens (tertiary/aromatic N) is 3. The molecule has 2 aromatic rings. The predicted molar refractivity (Wildman–Crippen MR) is 110 cm³/mol. The summed E-state index contributed by atoms with van der Waals surface area (Å²) in [6.45, 7) is 5.78. The highest BCUT2D eigenvalue weighted by molar-refractivity contribution is 14.0. The van der Waals surface area contributed by atoms with E-state index >= 15 is 0 Å². The summed E-state index contributed by atoms with van der Waals surface area (Å²) in [5.74, 6) is 0.901. The van der Waals surface area contributed by atoms with Crippen LogP contribution in [0.3, 0.4) is 0 Å². The molecule has 0 aliphatic heterocycles. The van der Waals surface area contributed by atoms with E-state index in [2.05, 4.69) is 56.8 Å². The quantitative estimate of drug-likeness (QED) is 0.435. The van der Waals surface area contributed by atoms with Crippen molar-refractivity contribution in [2.24, 2.45) is 4.99 Å². The fraction of sp³-hybridized carbons (Fsp3) is 0.412. The van der Waals surface area contributed by atoms with Gasteiger partial charge in [-0.2, -0.15) is 0 Å². The van der Waals surface area contributed by atoms with Gasteiger partial charge < -0.3 is 10.2 Å². The Labute approximate surface area is 160 Å². The highest BCUT2D eigenvalue weighted by atomic mass is 127. The number of aliphatic imine (C=N–C) groups is 1. The van der Waals surface area contributed by atoms with E-state index in [1.807, 2.05) is 21.0 Å². The third-order valence-corrected chi connectivity index (χ3v) is 4.28. The first-order chi connectivity index (χ1) is 10.6. The van der Waals surface area contributed by atoms with Gasteiger partial charge in [0.25, 0.3) is 0 Å². The molecule has 126 valence electrons. The smallest absolute Gasteiger partial charge is 0.193 e. The molecule has 1 N–H and O–H groups in total. The van der Waals surface area contributed by atoms with Crippen molar-refractivity contribution in [2.75, 3.05) is 20.6 Å². The topological polar surface area (TPSA) is 40.5 Å². The molecule has 0 fully saturated rings. The summed E-state index contributed by atoms with van der Waals surface area (Å²) in [6.07, 6.45) is 0.989. The molecule has 6 heteroatoms. The number of guanidine groups is 1. The monoisotopic (exact) mass is 444 g/mol. The minimum atomic E-state index is 0. The summed E-state index contributed by atoms with van der Waals surface area (Å²) in [6, 6.07) is 8.67. The number of hydrogen-bond acceptors (Lipinski definition) is 3. The van der Waals surface area contributed by atoms with E-state index in [0.717, 1.165) is 36.2 Å². The van der Waals surface area contributed by atoms with E-state index in [9.17, 15) is 0 Å². The van der Waals surface area contributed by atoms with Crippen LogP contribution in [0.2, 0.25) is 0 Å². The SMILES string of the molecule is CN=C(NCCc1ccc(C)cc1)N(C)Cc1csc(C)n1.I. The average Bonchev–Trinajstić information content (AvgIpc) is 2.90. The minimum Gasteiger partial charge on any atom is -0.356 e. The molecule has 0 saturated carbocycles. The van der Waals surface area contributed by atoms with Gasteiger partial charge in [-0.1, -0.05) is 29.8 Å². The number of thiazole rings is 1.